The second-order valence-corrected chi connectivity index (χ2v) is 11.3. The normalized spacial score (nSPS) is 14.5. The van der Waals surface area contributed by atoms with E-state index in [1.54, 1.807) is 11.8 Å². The lowest BCUT2D eigenvalue weighted by atomic mass is 9.97. The number of fused-ring (bicyclic) bond motifs is 3. The van der Waals surface area contributed by atoms with Crippen molar-refractivity contribution in [1.82, 2.24) is 19.2 Å². The van der Waals surface area contributed by atoms with Crippen LogP contribution in [0.4, 0.5) is 10.5 Å². The van der Waals surface area contributed by atoms with Gasteiger partial charge in [-0.3, -0.25) is 0 Å². The van der Waals surface area contributed by atoms with E-state index in [1.807, 2.05) is 65.2 Å². The predicted octanol–water partition coefficient (Wildman–Crippen LogP) is 7.95. The summed E-state index contributed by atoms with van der Waals surface area (Å²) in [6.07, 6.45) is 4.11. The van der Waals surface area contributed by atoms with E-state index in [1.165, 1.54) is 5.56 Å². The molecule has 3 aromatic carbocycles. The molecule has 0 saturated carbocycles. The molecule has 0 unspecified atom stereocenters. The molecule has 1 N–H and O–H groups in total. The first kappa shape index (κ1) is 26.0. The number of amides is 2. The fourth-order valence-corrected chi connectivity index (χ4v) is 5.92. The maximum absolute atomic E-state index is 14.2. The van der Waals surface area contributed by atoms with Crippen LogP contribution in [0.3, 0.4) is 0 Å². The Morgan fingerprint density at radius 1 is 0.975 bits per heavy atom. The average Bonchev–Trinajstić information content (AvgIpc) is 3.54. The second kappa shape index (κ2) is 10.7. The average molecular weight is 548 g/mol. The summed E-state index contributed by atoms with van der Waals surface area (Å²) >= 11 is 1.66. The van der Waals surface area contributed by atoms with Gasteiger partial charge in [0.2, 0.25) is 0 Å². The standard InChI is InChI=1S/C33H33N5OS/c1-22(2)24-15-17-25(18-16-24)31-30-14-9-19-36(30)32-29(23(3)35-38(32)27-11-6-5-7-12-27)21-37(31)33(39)34-26-10-8-13-28(20-26)40-4/h5-20,22,31H,21H2,1-4H3,(H,34,39)/t31-/m1/s1. The minimum atomic E-state index is -0.295. The zero-order chi connectivity index (χ0) is 27.8. The molecule has 2 amide bonds. The fraction of sp³-hybridized carbons (Fsp3) is 0.212. The number of aryl methyl sites for hydroxylation is 1. The van der Waals surface area contributed by atoms with Crippen molar-refractivity contribution in [2.75, 3.05) is 11.6 Å². The van der Waals surface area contributed by atoms with Crippen LogP contribution in [0.15, 0.2) is 102 Å². The lowest BCUT2D eigenvalue weighted by molar-refractivity contribution is 0.194. The zero-order valence-corrected chi connectivity index (χ0v) is 24.0. The van der Waals surface area contributed by atoms with E-state index in [2.05, 4.69) is 78.5 Å². The predicted molar refractivity (Wildman–Crippen MR) is 163 cm³/mol. The SMILES string of the molecule is CSc1cccc(NC(=O)N2Cc3c(C)nn(-c4ccccc4)c3-n3cccc3[C@H]2c2ccc(C(C)C)cc2)c1. The number of carbonyl (C=O) groups excluding carboxylic acids is 1. The van der Waals surface area contributed by atoms with Gasteiger partial charge in [-0.05, 0) is 72.7 Å². The van der Waals surface area contributed by atoms with Crippen molar-refractivity contribution >= 4 is 23.5 Å². The van der Waals surface area contributed by atoms with E-state index in [0.717, 1.165) is 44.6 Å². The second-order valence-electron chi connectivity index (χ2n) is 10.5. The Bertz CT molecular complexity index is 1650. The summed E-state index contributed by atoms with van der Waals surface area (Å²) in [7, 11) is 0. The summed E-state index contributed by atoms with van der Waals surface area (Å²) in [5.74, 6) is 1.39. The largest absolute Gasteiger partial charge is 0.322 e. The van der Waals surface area contributed by atoms with Crippen LogP contribution in [0.5, 0.6) is 0 Å². The molecule has 0 radical (unpaired) electrons. The molecule has 1 atom stereocenters. The number of aromatic nitrogens is 3. The molecular formula is C33H33N5OS. The van der Waals surface area contributed by atoms with Crippen molar-refractivity contribution in [3.05, 3.63) is 125 Å². The van der Waals surface area contributed by atoms with Gasteiger partial charge in [0.1, 0.15) is 5.82 Å². The summed E-state index contributed by atoms with van der Waals surface area (Å²) in [6.45, 7) is 6.84. The Morgan fingerprint density at radius 2 is 1.75 bits per heavy atom. The number of para-hydroxylation sites is 1. The van der Waals surface area contributed by atoms with E-state index in [9.17, 15) is 4.79 Å². The Hall–Kier alpha value is -4.23. The highest BCUT2D eigenvalue weighted by Crippen LogP contribution is 2.39. The van der Waals surface area contributed by atoms with E-state index < -0.39 is 0 Å². The van der Waals surface area contributed by atoms with Crippen LogP contribution in [0, 0.1) is 6.92 Å². The van der Waals surface area contributed by atoms with Crippen LogP contribution in [0.1, 0.15) is 53.9 Å². The maximum atomic E-state index is 14.2. The van der Waals surface area contributed by atoms with Gasteiger partial charge in [0.15, 0.2) is 0 Å². The molecule has 1 aliphatic rings. The lowest BCUT2D eigenvalue weighted by Gasteiger charge is -2.31. The third-order valence-electron chi connectivity index (χ3n) is 7.59. The number of nitrogens with one attached hydrogen (secondary N) is 1. The van der Waals surface area contributed by atoms with Crippen molar-refractivity contribution < 1.29 is 4.79 Å². The van der Waals surface area contributed by atoms with Crippen molar-refractivity contribution in [2.24, 2.45) is 0 Å². The van der Waals surface area contributed by atoms with Gasteiger partial charge >= 0.3 is 6.03 Å². The molecule has 5 aromatic rings. The first-order valence-electron chi connectivity index (χ1n) is 13.6. The highest BCUT2D eigenvalue weighted by atomic mass is 32.2. The van der Waals surface area contributed by atoms with E-state index >= 15 is 0 Å². The lowest BCUT2D eigenvalue weighted by Crippen LogP contribution is -2.38. The molecule has 1 aliphatic heterocycles. The van der Waals surface area contributed by atoms with Gasteiger partial charge in [0.25, 0.3) is 0 Å². The molecule has 2 aromatic heterocycles. The molecule has 0 fully saturated rings. The van der Waals surface area contributed by atoms with Crippen LogP contribution in [-0.4, -0.2) is 31.5 Å². The van der Waals surface area contributed by atoms with Gasteiger partial charge in [0, 0.05) is 22.3 Å². The number of nitrogens with zero attached hydrogens (tertiary/aromatic N) is 4. The van der Waals surface area contributed by atoms with Crippen molar-refractivity contribution in [3.63, 3.8) is 0 Å². The number of benzene rings is 3. The molecule has 0 spiro atoms. The molecule has 40 heavy (non-hydrogen) atoms. The zero-order valence-electron chi connectivity index (χ0n) is 23.2. The Balaban J connectivity index is 1.51. The van der Waals surface area contributed by atoms with Crippen molar-refractivity contribution in [1.29, 1.82) is 0 Å². The van der Waals surface area contributed by atoms with Crippen molar-refractivity contribution in [2.45, 2.75) is 44.2 Å². The van der Waals surface area contributed by atoms with Gasteiger partial charge in [-0.15, -0.1) is 11.8 Å². The summed E-state index contributed by atoms with van der Waals surface area (Å²) in [6, 6.07) is 30.6. The summed E-state index contributed by atoms with van der Waals surface area (Å²) in [5, 5.41) is 8.14. The summed E-state index contributed by atoms with van der Waals surface area (Å²) in [4.78, 5) is 17.2. The molecule has 6 nitrogen and oxygen atoms in total. The maximum Gasteiger partial charge on any atom is 0.322 e. The molecule has 6 rings (SSSR count). The van der Waals surface area contributed by atoms with Crippen LogP contribution < -0.4 is 5.32 Å². The molecule has 202 valence electrons. The quantitative estimate of drug-likeness (QED) is 0.227. The van der Waals surface area contributed by atoms with Crippen LogP contribution >= 0.6 is 11.8 Å². The smallest absolute Gasteiger partial charge is 0.308 e. The van der Waals surface area contributed by atoms with Crippen molar-refractivity contribution in [3.8, 4) is 11.5 Å². The molecular weight excluding hydrogens is 514 g/mol. The summed E-state index contributed by atoms with van der Waals surface area (Å²) in [5.41, 5.74) is 7.04. The molecule has 0 saturated heterocycles. The third-order valence-corrected chi connectivity index (χ3v) is 8.31. The highest BCUT2D eigenvalue weighted by molar-refractivity contribution is 7.98. The number of anilines is 1. The van der Waals surface area contributed by atoms with Gasteiger partial charge < -0.3 is 14.8 Å². The fourth-order valence-electron chi connectivity index (χ4n) is 5.46. The van der Waals surface area contributed by atoms with Crippen LogP contribution in [0.25, 0.3) is 11.5 Å². The van der Waals surface area contributed by atoms with Gasteiger partial charge in [-0.25, -0.2) is 9.48 Å². The van der Waals surface area contributed by atoms with E-state index in [0.29, 0.717) is 12.5 Å². The minimum Gasteiger partial charge on any atom is -0.308 e. The molecule has 0 aliphatic carbocycles. The first-order chi connectivity index (χ1) is 19.4. The van der Waals surface area contributed by atoms with E-state index in [-0.39, 0.29) is 12.1 Å². The Kier molecular flexibility index (Phi) is 6.98. The first-order valence-corrected chi connectivity index (χ1v) is 14.8. The number of carbonyl (C=O) groups is 1. The monoisotopic (exact) mass is 547 g/mol. The van der Waals surface area contributed by atoms with Crippen LogP contribution in [-0.2, 0) is 6.54 Å². The highest BCUT2D eigenvalue weighted by Gasteiger charge is 2.36. The molecule has 7 heteroatoms. The molecule has 0 bridgehead atoms. The minimum absolute atomic E-state index is 0.149. The number of urea groups is 1. The topological polar surface area (TPSA) is 55.1 Å². The van der Waals surface area contributed by atoms with E-state index in [4.69, 9.17) is 5.10 Å². The number of hydrogen-bond acceptors (Lipinski definition) is 3. The van der Waals surface area contributed by atoms with Gasteiger partial charge in [-0.2, -0.15) is 5.10 Å². The molecule has 3 heterocycles. The summed E-state index contributed by atoms with van der Waals surface area (Å²) < 4.78 is 4.20. The van der Waals surface area contributed by atoms with Gasteiger partial charge in [0.05, 0.1) is 29.7 Å². The van der Waals surface area contributed by atoms with Crippen LogP contribution in [0.2, 0.25) is 0 Å². The van der Waals surface area contributed by atoms with Gasteiger partial charge in [-0.1, -0.05) is 62.4 Å². The number of rotatable bonds is 5. The third kappa shape index (κ3) is 4.71. The number of thioether (sulfide) groups is 1. The Labute approximate surface area is 239 Å². The Morgan fingerprint density at radius 3 is 2.48 bits per heavy atom. The number of hydrogen-bond donors (Lipinski definition) is 1.